The number of hydrogen-bond acceptors (Lipinski definition) is 8. The number of anilines is 1. The van der Waals surface area contributed by atoms with Gasteiger partial charge >= 0.3 is 5.56 Å². The number of nitrogens with one attached hydrogen (secondary N) is 1. The van der Waals surface area contributed by atoms with Gasteiger partial charge in [-0.15, -0.1) is 0 Å². The minimum atomic E-state index is -3.64. The van der Waals surface area contributed by atoms with Gasteiger partial charge in [-0.05, 0) is 50.2 Å². The number of nitrogens with zero attached hydrogens (tertiary/aromatic N) is 4. The topological polar surface area (TPSA) is 132 Å². The number of ether oxygens (including phenoxy) is 2. The third-order valence-electron chi connectivity index (χ3n) is 8.30. The summed E-state index contributed by atoms with van der Waals surface area (Å²) in [5, 5.41) is 4.43. The number of methoxy groups -OCH3 is 1. The van der Waals surface area contributed by atoms with Gasteiger partial charge in [0.25, 0.3) is 10.2 Å². The summed E-state index contributed by atoms with van der Waals surface area (Å²) in [4.78, 5) is 15.5. The van der Waals surface area contributed by atoms with E-state index in [0.717, 1.165) is 32.1 Å². The smallest absolute Gasteiger partial charge is 0.316 e. The van der Waals surface area contributed by atoms with E-state index in [2.05, 4.69) is 16.7 Å². The number of para-hydroxylation sites is 1. The predicted octanol–water partition coefficient (Wildman–Crippen LogP) is 1.51. The van der Waals surface area contributed by atoms with Gasteiger partial charge in [0.2, 0.25) is 5.75 Å². The van der Waals surface area contributed by atoms with Crippen LogP contribution in [0.25, 0.3) is 5.69 Å². The number of rotatable bonds is 10. The SMILES string of the molecule is COC1CCC(CNS(=O)(=O)N2CCN(c3cnn(-c4ccccc4)c(=O)c3OCC3(C)CC3)CC2)CC1N. The molecule has 11 nitrogen and oxygen atoms in total. The summed E-state index contributed by atoms with van der Waals surface area (Å²) in [6, 6.07) is 9.18. The molecule has 12 heteroatoms. The first-order valence-corrected chi connectivity index (χ1v) is 15.2. The molecule has 214 valence electrons. The second-order valence-corrected chi connectivity index (χ2v) is 13.1. The molecule has 2 heterocycles. The normalized spacial score (nSPS) is 25.4. The second-order valence-electron chi connectivity index (χ2n) is 11.4. The summed E-state index contributed by atoms with van der Waals surface area (Å²) in [5.41, 5.74) is 7.23. The zero-order valence-corrected chi connectivity index (χ0v) is 23.6. The fourth-order valence-electron chi connectivity index (χ4n) is 5.38. The van der Waals surface area contributed by atoms with Gasteiger partial charge in [-0.25, -0.2) is 4.72 Å². The summed E-state index contributed by atoms with van der Waals surface area (Å²) in [7, 11) is -1.97. The Balaban J connectivity index is 1.25. The van der Waals surface area contributed by atoms with Crippen molar-refractivity contribution in [3.63, 3.8) is 0 Å². The maximum atomic E-state index is 13.5. The summed E-state index contributed by atoms with van der Waals surface area (Å²) in [6.45, 7) is 4.42. The van der Waals surface area contributed by atoms with Gasteiger partial charge in [-0.3, -0.25) is 4.79 Å². The van der Waals surface area contributed by atoms with Crippen LogP contribution in [0.15, 0.2) is 41.3 Å². The molecule has 1 saturated heterocycles. The first-order chi connectivity index (χ1) is 18.7. The molecular weight excluding hydrogens is 520 g/mol. The van der Waals surface area contributed by atoms with Gasteiger partial charge < -0.3 is 20.1 Å². The molecule has 3 N–H and O–H groups in total. The van der Waals surface area contributed by atoms with Gasteiger partial charge in [0.15, 0.2) is 0 Å². The minimum Gasteiger partial charge on any atom is -0.486 e. The van der Waals surface area contributed by atoms with Gasteiger partial charge in [0.1, 0.15) is 5.69 Å². The zero-order valence-electron chi connectivity index (χ0n) is 22.8. The van der Waals surface area contributed by atoms with Crippen molar-refractivity contribution in [1.29, 1.82) is 0 Å². The van der Waals surface area contributed by atoms with Crippen LogP contribution in [0.5, 0.6) is 5.75 Å². The van der Waals surface area contributed by atoms with E-state index in [1.165, 1.54) is 8.99 Å². The summed E-state index contributed by atoms with van der Waals surface area (Å²) in [5.74, 6) is 0.456. The Kier molecular flexibility index (Phi) is 8.29. The molecule has 2 aliphatic carbocycles. The van der Waals surface area contributed by atoms with Crippen molar-refractivity contribution in [2.45, 2.75) is 51.2 Å². The Morgan fingerprint density at radius 2 is 1.85 bits per heavy atom. The molecule has 5 rings (SSSR count). The van der Waals surface area contributed by atoms with E-state index >= 15 is 0 Å². The quantitative estimate of drug-likeness (QED) is 0.447. The van der Waals surface area contributed by atoms with Crippen molar-refractivity contribution >= 4 is 15.9 Å². The van der Waals surface area contributed by atoms with Gasteiger partial charge in [-0.1, -0.05) is 25.1 Å². The molecule has 0 spiro atoms. The Hall–Kier alpha value is -2.51. The highest BCUT2D eigenvalue weighted by Gasteiger charge is 2.39. The summed E-state index contributed by atoms with van der Waals surface area (Å²) in [6.07, 6.45) is 6.29. The lowest BCUT2D eigenvalue weighted by Gasteiger charge is -2.36. The van der Waals surface area contributed by atoms with E-state index in [-0.39, 0.29) is 34.8 Å². The monoisotopic (exact) mass is 560 g/mol. The van der Waals surface area contributed by atoms with Crippen LogP contribution in [0.1, 0.15) is 39.0 Å². The summed E-state index contributed by atoms with van der Waals surface area (Å²) >= 11 is 0. The molecule has 0 amide bonds. The van der Waals surface area contributed by atoms with Gasteiger partial charge in [0, 0.05) is 51.3 Å². The lowest BCUT2D eigenvalue weighted by molar-refractivity contribution is 0.0405. The van der Waals surface area contributed by atoms with Crippen molar-refractivity contribution < 1.29 is 17.9 Å². The largest absolute Gasteiger partial charge is 0.486 e. The molecule has 3 aliphatic rings. The van der Waals surface area contributed by atoms with E-state index in [4.69, 9.17) is 15.2 Å². The number of hydrogen-bond donors (Lipinski definition) is 2. The van der Waals surface area contributed by atoms with Crippen LogP contribution < -0.4 is 25.7 Å². The Labute approximate surface area is 230 Å². The van der Waals surface area contributed by atoms with Crippen molar-refractivity contribution in [2.24, 2.45) is 17.1 Å². The van der Waals surface area contributed by atoms with E-state index in [1.54, 1.807) is 13.3 Å². The van der Waals surface area contributed by atoms with Crippen molar-refractivity contribution in [3.05, 3.63) is 46.9 Å². The third-order valence-corrected chi connectivity index (χ3v) is 9.88. The molecule has 1 aliphatic heterocycles. The molecule has 3 unspecified atom stereocenters. The highest BCUT2D eigenvalue weighted by Crippen LogP contribution is 2.45. The lowest BCUT2D eigenvalue weighted by Crippen LogP contribution is -2.53. The molecular formula is C27H40N6O5S. The molecule has 39 heavy (non-hydrogen) atoms. The van der Waals surface area contributed by atoms with Crippen LogP contribution in [0.3, 0.4) is 0 Å². The van der Waals surface area contributed by atoms with Crippen molar-refractivity contribution in [2.75, 3.05) is 51.3 Å². The molecule has 1 aromatic heterocycles. The maximum Gasteiger partial charge on any atom is 0.316 e. The van der Waals surface area contributed by atoms with Gasteiger partial charge in [0.05, 0.1) is 24.6 Å². The van der Waals surface area contributed by atoms with Crippen LogP contribution >= 0.6 is 0 Å². The molecule has 2 saturated carbocycles. The molecule has 0 radical (unpaired) electrons. The average Bonchev–Trinajstić information content (AvgIpc) is 3.69. The number of piperazine rings is 1. The van der Waals surface area contributed by atoms with E-state index in [1.807, 2.05) is 35.2 Å². The number of nitrogens with two attached hydrogens (primary N) is 1. The molecule has 0 bridgehead atoms. The van der Waals surface area contributed by atoms with Crippen LogP contribution in [0, 0.1) is 11.3 Å². The van der Waals surface area contributed by atoms with Crippen LogP contribution in [-0.4, -0.2) is 81.1 Å². The fourth-order valence-corrected chi connectivity index (χ4v) is 6.65. The molecule has 2 aromatic rings. The van der Waals surface area contributed by atoms with Crippen molar-refractivity contribution in [3.8, 4) is 11.4 Å². The highest BCUT2D eigenvalue weighted by molar-refractivity contribution is 7.87. The number of aromatic nitrogens is 2. The Bertz CT molecular complexity index is 1290. The van der Waals surface area contributed by atoms with Crippen LogP contribution in [0.4, 0.5) is 5.69 Å². The third kappa shape index (κ3) is 6.46. The van der Waals surface area contributed by atoms with Crippen molar-refractivity contribution in [1.82, 2.24) is 18.8 Å². The van der Waals surface area contributed by atoms with E-state index in [9.17, 15) is 13.2 Å². The highest BCUT2D eigenvalue weighted by atomic mass is 32.2. The zero-order chi connectivity index (χ0) is 27.6. The molecule has 1 aromatic carbocycles. The predicted molar refractivity (Wildman–Crippen MR) is 149 cm³/mol. The molecule has 3 fully saturated rings. The fraction of sp³-hybridized carbons (Fsp3) is 0.630. The van der Waals surface area contributed by atoms with Gasteiger partial charge in [-0.2, -0.15) is 22.5 Å². The van der Waals surface area contributed by atoms with E-state index in [0.29, 0.717) is 50.7 Å². The summed E-state index contributed by atoms with van der Waals surface area (Å²) < 4.78 is 43.3. The first kappa shape index (κ1) is 28.0. The average molecular weight is 561 g/mol. The second kappa shape index (κ2) is 11.5. The van der Waals surface area contributed by atoms with Crippen LogP contribution in [-0.2, 0) is 14.9 Å². The first-order valence-electron chi connectivity index (χ1n) is 13.8. The van der Waals surface area contributed by atoms with E-state index < -0.39 is 10.2 Å². The lowest BCUT2D eigenvalue weighted by atomic mass is 9.84. The Morgan fingerprint density at radius 1 is 1.13 bits per heavy atom. The van der Waals surface area contributed by atoms with Crippen LogP contribution in [0.2, 0.25) is 0 Å². The number of benzene rings is 1. The minimum absolute atomic E-state index is 0.0382. The standard InChI is InChI=1S/C27H40N6O5S/c1-27(10-11-27)19-38-25-23(18-29-33(26(25)34)21-6-4-3-5-7-21)31-12-14-32(15-13-31)39(35,36)30-17-20-8-9-24(37-2)22(28)16-20/h3-7,18,20,22,24,30H,8-17,19,28H2,1-2H3. The Morgan fingerprint density at radius 3 is 2.49 bits per heavy atom. The molecule has 3 atom stereocenters. The maximum absolute atomic E-state index is 13.5.